The lowest BCUT2D eigenvalue weighted by atomic mass is 10.1. The van der Waals surface area contributed by atoms with Crippen molar-refractivity contribution in [3.63, 3.8) is 0 Å². The zero-order chi connectivity index (χ0) is 12.5. The van der Waals surface area contributed by atoms with E-state index in [-0.39, 0.29) is 5.56 Å². The van der Waals surface area contributed by atoms with Crippen molar-refractivity contribution >= 4 is 16.5 Å². The minimum atomic E-state index is -0.0612. The first-order valence-electron chi connectivity index (χ1n) is 5.63. The monoisotopic (exact) mass is 240 g/mol. The van der Waals surface area contributed by atoms with Crippen LogP contribution in [0.25, 0.3) is 16.6 Å². The zero-order valence-corrected chi connectivity index (χ0v) is 9.84. The minimum Gasteiger partial charge on any atom is -0.388 e. The lowest BCUT2D eigenvalue weighted by Crippen LogP contribution is -2.18. The van der Waals surface area contributed by atoms with Crippen LogP contribution in [0.4, 0.5) is 5.69 Å². The molecule has 0 bridgehead atoms. The summed E-state index contributed by atoms with van der Waals surface area (Å²) in [4.78, 5) is 12.4. The Balaban J connectivity index is 2.34. The number of nitrogens with zero attached hydrogens (tertiary/aromatic N) is 2. The average Bonchev–Trinajstić information content (AvgIpc) is 2.92. The fourth-order valence-electron chi connectivity index (χ4n) is 2.07. The van der Waals surface area contributed by atoms with Crippen LogP contribution in [0.15, 0.2) is 47.5 Å². The molecule has 0 aliphatic carbocycles. The van der Waals surface area contributed by atoms with Crippen LogP contribution in [0.5, 0.6) is 0 Å². The fraction of sp³-hybridized carbons (Fsp3) is 0.0769. The van der Waals surface area contributed by atoms with Crippen molar-refractivity contribution in [1.82, 2.24) is 14.8 Å². The van der Waals surface area contributed by atoms with E-state index < -0.39 is 0 Å². The molecule has 3 aromatic rings. The number of H-pyrrole nitrogens is 1. The molecule has 0 unspecified atom stereocenters. The molecule has 18 heavy (non-hydrogen) atoms. The number of nitrogens with one attached hydrogen (secondary N) is 2. The Morgan fingerprint density at radius 1 is 1.22 bits per heavy atom. The van der Waals surface area contributed by atoms with Gasteiger partial charge in [-0.2, -0.15) is 5.10 Å². The highest BCUT2D eigenvalue weighted by Gasteiger charge is 2.07. The lowest BCUT2D eigenvalue weighted by Gasteiger charge is -2.08. The van der Waals surface area contributed by atoms with Crippen LogP contribution >= 0.6 is 0 Å². The van der Waals surface area contributed by atoms with Crippen LogP contribution in [0.3, 0.4) is 0 Å². The predicted octanol–water partition coefficient (Wildman–Crippen LogP) is 1.76. The number of hydrogen-bond acceptors (Lipinski definition) is 3. The number of anilines is 1. The normalized spacial score (nSPS) is 10.7. The van der Waals surface area contributed by atoms with Crippen molar-refractivity contribution in [2.24, 2.45) is 0 Å². The first-order valence-corrected chi connectivity index (χ1v) is 5.63. The van der Waals surface area contributed by atoms with Gasteiger partial charge in [-0.3, -0.25) is 14.5 Å². The summed E-state index contributed by atoms with van der Waals surface area (Å²) in [5.41, 5.74) is 0.884. The molecule has 0 spiro atoms. The predicted molar refractivity (Wildman–Crippen MR) is 71.2 cm³/mol. The highest BCUT2D eigenvalue weighted by atomic mass is 16.1. The first-order chi connectivity index (χ1) is 8.81. The van der Waals surface area contributed by atoms with Crippen molar-refractivity contribution in [2.75, 3.05) is 12.4 Å². The molecule has 2 N–H and O–H groups in total. The molecule has 0 aliphatic heterocycles. The molecule has 0 aliphatic rings. The van der Waals surface area contributed by atoms with E-state index in [0.29, 0.717) is 11.2 Å². The smallest absolute Gasteiger partial charge is 0.264 e. The van der Waals surface area contributed by atoms with E-state index in [0.717, 1.165) is 11.1 Å². The van der Waals surface area contributed by atoms with Crippen LogP contribution < -0.4 is 10.9 Å². The number of benzene rings is 1. The molecule has 2 heterocycles. The van der Waals surface area contributed by atoms with Gasteiger partial charge >= 0.3 is 0 Å². The number of aromatic nitrogens is 3. The highest BCUT2D eigenvalue weighted by molar-refractivity contribution is 5.93. The zero-order valence-electron chi connectivity index (χ0n) is 9.84. The molecule has 0 fully saturated rings. The van der Waals surface area contributed by atoms with E-state index in [1.54, 1.807) is 23.0 Å². The Bertz CT molecular complexity index is 743. The van der Waals surface area contributed by atoms with Gasteiger partial charge in [-0.1, -0.05) is 6.07 Å². The third-order valence-corrected chi connectivity index (χ3v) is 2.96. The quantitative estimate of drug-likeness (QED) is 0.717. The fourth-order valence-corrected chi connectivity index (χ4v) is 2.07. The van der Waals surface area contributed by atoms with Gasteiger partial charge in [-0.05, 0) is 18.2 Å². The van der Waals surface area contributed by atoms with Crippen LogP contribution in [-0.4, -0.2) is 21.8 Å². The van der Waals surface area contributed by atoms with Crippen molar-refractivity contribution in [3.05, 3.63) is 53.1 Å². The van der Waals surface area contributed by atoms with Gasteiger partial charge in [0.25, 0.3) is 5.56 Å². The molecular weight excluding hydrogens is 228 g/mol. The van der Waals surface area contributed by atoms with Gasteiger partial charge in [0, 0.05) is 35.8 Å². The molecular formula is C13H12N4O. The Morgan fingerprint density at radius 2 is 2.11 bits per heavy atom. The molecule has 5 heteroatoms. The first kappa shape index (κ1) is 10.6. The molecule has 0 atom stereocenters. The average molecular weight is 240 g/mol. The van der Waals surface area contributed by atoms with Gasteiger partial charge in [-0.25, -0.2) is 0 Å². The van der Waals surface area contributed by atoms with Crippen LogP contribution in [0, 0.1) is 0 Å². The summed E-state index contributed by atoms with van der Waals surface area (Å²) in [6.07, 6.45) is 3.37. The molecule has 2 aromatic heterocycles. The molecule has 1 aromatic carbocycles. The van der Waals surface area contributed by atoms with Crippen LogP contribution in [0.2, 0.25) is 0 Å². The van der Waals surface area contributed by atoms with Gasteiger partial charge in [0.2, 0.25) is 0 Å². The third-order valence-electron chi connectivity index (χ3n) is 2.96. The lowest BCUT2D eigenvalue weighted by molar-refractivity contribution is 0.927. The molecule has 0 saturated carbocycles. The van der Waals surface area contributed by atoms with E-state index in [1.165, 1.54) is 0 Å². The molecule has 3 rings (SSSR count). The summed E-state index contributed by atoms with van der Waals surface area (Å²) in [5.74, 6) is 0.664. The Hall–Kier alpha value is -2.56. The van der Waals surface area contributed by atoms with Gasteiger partial charge < -0.3 is 5.32 Å². The number of fused-ring (bicyclic) bond motifs is 1. The van der Waals surface area contributed by atoms with Crippen molar-refractivity contribution in [3.8, 4) is 5.82 Å². The number of rotatable bonds is 2. The van der Waals surface area contributed by atoms with Crippen molar-refractivity contribution in [1.29, 1.82) is 0 Å². The topological polar surface area (TPSA) is 62.7 Å². The van der Waals surface area contributed by atoms with Crippen molar-refractivity contribution in [2.45, 2.75) is 0 Å². The van der Waals surface area contributed by atoms with E-state index in [1.807, 2.05) is 31.3 Å². The summed E-state index contributed by atoms with van der Waals surface area (Å²) < 4.78 is 1.55. The summed E-state index contributed by atoms with van der Waals surface area (Å²) >= 11 is 0. The van der Waals surface area contributed by atoms with E-state index in [4.69, 9.17) is 0 Å². The summed E-state index contributed by atoms with van der Waals surface area (Å²) in [6.45, 7) is 0. The second-order valence-electron chi connectivity index (χ2n) is 3.95. The Kier molecular flexibility index (Phi) is 2.37. The largest absolute Gasteiger partial charge is 0.388 e. The number of pyridine rings is 1. The second-order valence-corrected chi connectivity index (χ2v) is 3.95. The maximum Gasteiger partial charge on any atom is 0.264 e. The summed E-state index contributed by atoms with van der Waals surface area (Å²) in [5, 5.41) is 11.3. The molecule has 0 saturated heterocycles. The Labute approximate surface area is 103 Å². The minimum absolute atomic E-state index is 0.0612. The summed E-state index contributed by atoms with van der Waals surface area (Å²) in [6, 6.07) is 9.32. The van der Waals surface area contributed by atoms with Crippen LogP contribution in [0.1, 0.15) is 0 Å². The molecule has 0 amide bonds. The van der Waals surface area contributed by atoms with Gasteiger partial charge in [-0.15, -0.1) is 0 Å². The van der Waals surface area contributed by atoms with Crippen molar-refractivity contribution < 1.29 is 0 Å². The summed E-state index contributed by atoms with van der Waals surface area (Å²) in [7, 11) is 1.84. The van der Waals surface area contributed by atoms with Gasteiger partial charge in [0.1, 0.15) is 5.82 Å². The van der Waals surface area contributed by atoms with Gasteiger partial charge in [0.05, 0.1) is 6.20 Å². The number of aromatic amines is 1. The second kappa shape index (κ2) is 4.03. The number of hydrogen-bond donors (Lipinski definition) is 2. The van der Waals surface area contributed by atoms with E-state index in [2.05, 4.69) is 15.5 Å². The highest BCUT2D eigenvalue weighted by Crippen LogP contribution is 2.20. The van der Waals surface area contributed by atoms with Gasteiger partial charge in [0.15, 0.2) is 0 Å². The molecule has 5 nitrogen and oxygen atoms in total. The molecule has 90 valence electrons. The maximum absolute atomic E-state index is 12.4. The van der Waals surface area contributed by atoms with E-state index in [9.17, 15) is 4.79 Å². The molecule has 0 radical (unpaired) electrons. The third kappa shape index (κ3) is 1.48. The standard InChI is InChI=1S/C13H12N4O/c1-14-11-4-2-3-10-9(11)6-8-17(13(10)18)12-5-7-15-16-12/h2-8,14H,1H3,(H,15,16). The van der Waals surface area contributed by atoms with Crippen LogP contribution in [-0.2, 0) is 0 Å². The van der Waals surface area contributed by atoms with E-state index >= 15 is 0 Å². The SMILES string of the molecule is CNc1cccc2c(=O)n(-c3ccn[nH]3)ccc12. The maximum atomic E-state index is 12.4. The Morgan fingerprint density at radius 3 is 2.83 bits per heavy atom.